The zero-order chi connectivity index (χ0) is 22.9. The molecule has 3 aliphatic rings. The van der Waals surface area contributed by atoms with E-state index in [9.17, 15) is 14.4 Å². The summed E-state index contributed by atoms with van der Waals surface area (Å²) in [6.07, 6.45) is 0.0137. The molecule has 3 aliphatic heterocycles. The van der Waals surface area contributed by atoms with Crippen molar-refractivity contribution in [2.24, 2.45) is 0 Å². The predicted molar refractivity (Wildman–Crippen MR) is 126 cm³/mol. The molecule has 0 bridgehead atoms. The number of carbonyl (C=O) groups excluding carboxylic acids is 3. The molecule has 6 nitrogen and oxygen atoms in total. The number of benzene rings is 3. The maximum Gasteiger partial charge on any atom is 0.255 e. The van der Waals surface area contributed by atoms with Gasteiger partial charge in [0.1, 0.15) is 6.04 Å². The van der Waals surface area contributed by atoms with Crippen LogP contribution in [-0.4, -0.2) is 23.6 Å². The van der Waals surface area contributed by atoms with Gasteiger partial charge in [0.25, 0.3) is 5.91 Å². The number of hydrogen-bond donors (Lipinski definition) is 2. The Bertz CT molecular complexity index is 1350. The number of carbonyl (C=O) groups is 3. The fraction of sp³-hybridized carbons (Fsp3) is 0.222. The molecule has 1 fully saturated rings. The summed E-state index contributed by atoms with van der Waals surface area (Å²) in [5.74, 6) is -1.26. The molecule has 3 unspecified atom stereocenters. The summed E-state index contributed by atoms with van der Waals surface area (Å²) >= 11 is 0. The SMILES string of the molecule is Cc1ccc2c(c1)C(C1C(=O)CC3(C(=O)Nc4ccc(C)cc43)N1c1ccccc1)C(=O)N2. The summed E-state index contributed by atoms with van der Waals surface area (Å²) in [6, 6.07) is 20.3. The Kier molecular flexibility index (Phi) is 4.06. The van der Waals surface area contributed by atoms with Gasteiger partial charge in [0, 0.05) is 29.0 Å². The van der Waals surface area contributed by atoms with E-state index >= 15 is 0 Å². The van der Waals surface area contributed by atoms with Crippen LogP contribution < -0.4 is 15.5 Å². The Balaban J connectivity index is 1.60. The Hall–Kier alpha value is -3.93. The third kappa shape index (κ3) is 2.64. The first-order valence-electron chi connectivity index (χ1n) is 11.1. The van der Waals surface area contributed by atoms with Crippen molar-refractivity contribution in [1.82, 2.24) is 0 Å². The Morgan fingerprint density at radius 3 is 2.30 bits per heavy atom. The van der Waals surface area contributed by atoms with Crippen molar-refractivity contribution in [3.05, 3.63) is 89.0 Å². The highest BCUT2D eigenvalue weighted by Crippen LogP contribution is 2.53. The van der Waals surface area contributed by atoms with Gasteiger partial charge in [-0.1, -0.05) is 53.6 Å². The Morgan fingerprint density at radius 1 is 0.848 bits per heavy atom. The lowest BCUT2D eigenvalue weighted by Gasteiger charge is -2.39. The van der Waals surface area contributed by atoms with Gasteiger partial charge in [-0.25, -0.2) is 0 Å². The molecule has 0 saturated carbocycles. The second-order valence-corrected chi connectivity index (χ2v) is 9.21. The number of aryl methyl sites for hydroxylation is 2. The standard InChI is InChI=1S/C27H23N3O3/c1-15-8-10-20-18(12-15)23(25(32)28-20)24-22(31)14-27(30(24)17-6-4-3-5-7-17)19-13-16(2)9-11-21(19)29-26(27)33/h3-13,23-24H,14H2,1-2H3,(H,28,32)(H,29,33). The number of anilines is 3. The molecule has 3 aromatic carbocycles. The molecular formula is C27H23N3O3. The van der Waals surface area contributed by atoms with Gasteiger partial charge in [-0.2, -0.15) is 0 Å². The van der Waals surface area contributed by atoms with Crippen molar-refractivity contribution in [3.8, 4) is 0 Å². The molecule has 0 radical (unpaired) electrons. The van der Waals surface area contributed by atoms with E-state index in [1.165, 1.54) is 0 Å². The first-order chi connectivity index (χ1) is 15.9. The number of fused-ring (bicyclic) bond motifs is 3. The highest BCUT2D eigenvalue weighted by atomic mass is 16.2. The molecule has 1 spiro atoms. The molecule has 3 heterocycles. The highest BCUT2D eigenvalue weighted by Gasteiger charge is 2.63. The summed E-state index contributed by atoms with van der Waals surface area (Å²) < 4.78 is 0. The van der Waals surface area contributed by atoms with Crippen molar-refractivity contribution in [3.63, 3.8) is 0 Å². The number of rotatable bonds is 2. The van der Waals surface area contributed by atoms with Crippen molar-refractivity contribution >= 4 is 34.7 Å². The predicted octanol–water partition coefficient (Wildman–Crippen LogP) is 4.03. The molecule has 164 valence electrons. The van der Waals surface area contributed by atoms with Crippen molar-refractivity contribution in [2.45, 2.75) is 37.8 Å². The quantitative estimate of drug-likeness (QED) is 0.634. The van der Waals surface area contributed by atoms with E-state index in [4.69, 9.17) is 0 Å². The monoisotopic (exact) mass is 437 g/mol. The largest absolute Gasteiger partial charge is 0.342 e. The van der Waals surface area contributed by atoms with Crippen molar-refractivity contribution < 1.29 is 14.4 Å². The van der Waals surface area contributed by atoms with Crippen LogP contribution in [0.1, 0.15) is 34.6 Å². The molecule has 3 aromatic rings. The number of para-hydroxylation sites is 1. The minimum absolute atomic E-state index is 0.0137. The number of Topliss-reactive ketones (excluding diaryl/α,β-unsaturated/α-hetero) is 1. The molecule has 1 saturated heterocycles. The zero-order valence-corrected chi connectivity index (χ0v) is 18.4. The second-order valence-electron chi connectivity index (χ2n) is 9.21. The zero-order valence-electron chi connectivity index (χ0n) is 18.4. The van der Waals surface area contributed by atoms with Crippen LogP contribution in [-0.2, 0) is 19.9 Å². The summed E-state index contributed by atoms with van der Waals surface area (Å²) in [4.78, 5) is 42.6. The van der Waals surface area contributed by atoms with Gasteiger partial charge in [0.15, 0.2) is 11.3 Å². The minimum atomic E-state index is -1.20. The van der Waals surface area contributed by atoms with E-state index in [0.717, 1.165) is 33.6 Å². The molecule has 33 heavy (non-hydrogen) atoms. The molecule has 6 heteroatoms. The van der Waals surface area contributed by atoms with Gasteiger partial charge in [-0.05, 0) is 43.7 Å². The van der Waals surface area contributed by atoms with Gasteiger partial charge in [0.2, 0.25) is 5.91 Å². The Morgan fingerprint density at radius 2 is 1.55 bits per heavy atom. The van der Waals surface area contributed by atoms with E-state index in [0.29, 0.717) is 5.69 Å². The first kappa shape index (κ1) is 19.7. The third-order valence-corrected chi connectivity index (χ3v) is 7.13. The molecule has 0 aliphatic carbocycles. The molecule has 2 amide bonds. The average Bonchev–Trinajstić information content (AvgIpc) is 3.37. The van der Waals surface area contributed by atoms with Crippen LogP contribution in [0.25, 0.3) is 0 Å². The van der Waals surface area contributed by atoms with E-state index in [-0.39, 0.29) is 24.0 Å². The number of ketones is 1. The van der Waals surface area contributed by atoms with Crippen molar-refractivity contribution in [2.75, 3.05) is 15.5 Å². The molecular weight excluding hydrogens is 414 g/mol. The van der Waals surface area contributed by atoms with Crippen LogP contribution in [0.3, 0.4) is 0 Å². The van der Waals surface area contributed by atoms with Crippen LogP contribution in [0.5, 0.6) is 0 Å². The van der Waals surface area contributed by atoms with Gasteiger partial charge in [0.05, 0.1) is 5.92 Å². The van der Waals surface area contributed by atoms with Crippen LogP contribution in [0.4, 0.5) is 17.1 Å². The maximum absolute atomic E-state index is 13.8. The molecule has 3 atom stereocenters. The number of amides is 2. The van der Waals surface area contributed by atoms with Gasteiger partial charge in [-0.15, -0.1) is 0 Å². The molecule has 0 aromatic heterocycles. The lowest BCUT2D eigenvalue weighted by Crippen LogP contribution is -2.52. The minimum Gasteiger partial charge on any atom is -0.342 e. The van der Waals surface area contributed by atoms with E-state index in [2.05, 4.69) is 10.6 Å². The van der Waals surface area contributed by atoms with Gasteiger partial charge < -0.3 is 15.5 Å². The van der Waals surface area contributed by atoms with Crippen molar-refractivity contribution in [1.29, 1.82) is 0 Å². The number of nitrogens with zero attached hydrogens (tertiary/aromatic N) is 1. The van der Waals surface area contributed by atoms with Gasteiger partial charge >= 0.3 is 0 Å². The average molecular weight is 437 g/mol. The molecule has 2 N–H and O–H groups in total. The van der Waals surface area contributed by atoms with Crippen LogP contribution in [0, 0.1) is 13.8 Å². The highest BCUT2D eigenvalue weighted by molar-refractivity contribution is 6.17. The maximum atomic E-state index is 13.8. The smallest absolute Gasteiger partial charge is 0.255 e. The lowest BCUT2D eigenvalue weighted by molar-refractivity contribution is -0.124. The van der Waals surface area contributed by atoms with E-state index in [1.54, 1.807) is 0 Å². The number of hydrogen-bond acceptors (Lipinski definition) is 4. The van der Waals surface area contributed by atoms with E-state index in [1.807, 2.05) is 85.5 Å². The number of nitrogens with one attached hydrogen (secondary N) is 2. The summed E-state index contributed by atoms with van der Waals surface area (Å²) in [6.45, 7) is 3.94. The second kappa shape index (κ2) is 6.78. The Labute approximate surface area is 191 Å². The summed E-state index contributed by atoms with van der Waals surface area (Å²) in [5.41, 5.74) is 4.60. The lowest BCUT2D eigenvalue weighted by atomic mass is 9.87. The summed E-state index contributed by atoms with van der Waals surface area (Å²) in [7, 11) is 0. The molecule has 6 rings (SSSR count). The fourth-order valence-electron chi connectivity index (χ4n) is 5.72. The first-order valence-corrected chi connectivity index (χ1v) is 11.1. The van der Waals surface area contributed by atoms with Gasteiger partial charge in [-0.3, -0.25) is 14.4 Å². The fourth-order valence-corrected chi connectivity index (χ4v) is 5.72. The normalized spacial score (nSPS) is 25.3. The summed E-state index contributed by atoms with van der Waals surface area (Å²) in [5, 5.41) is 5.94. The topological polar surface area (TPSA) is 78.5 Å². The van der Waals surface area contributed by atoms with Crippen LogP contribution >= 0.6 is 0 Å². The third-order valence-electron chi connectivity index (χ3n) is 7.13. The van der Waals surface area contributed by atoms with E-state index < -0.39 is 17.5 Å². The van der Waals surface area contributed by atoms with Crippen LogP contribution in [0.2, 0.25) is 0 Å². The van der Waals surface area contributed by atoms with Crippen LogP contribution in [0.15, 0.2) is 66.7 Å².